The molecule has 1 aliphatic heterocycles. The van der Waals surface area contributed by atoms with Crippen LogP contribution in [0, 0.1) is 0 Å². The van der Waals surface area contributed by atoms with Gasteiger partial charge in [-0.1, -0.05) is 11.9 Å². The van der Waals surface area contributed by atoms with Gasteiger partial charge in [0.1, 0.15) is 17.1 Å². The number of nitrogens with zero attached hydrogens (tertiary/aromatic N) is 1. The molecule has 0 amide bonds. The molecule has 1 aliphatic rings. The minimum atomic E-state index is -3.76. The number of benzene rings is 1. The number of ether oxygens (including phenoxy) is 2. The van der Waals surface area contributed by atoms with Crippen molar-refractivity contribution in [2.75, 3.05) is 27.5 Å². The van der Waals surface area contributed by atoms with Crippen LogP contribution in [0.25, 0.3) is 0 Å². The molecule has 1 aromatic rings. The van der Waals surface area contributed by atoms with Crippen LogP contribution in [0.15, 0.2) is 12.1 Å². The maximum Gasteiger partial charge on any atom is 0.219 e. The lowest BCUT2D eigenvalue weighted by atomic mass is 9.73. The van der Waals surface area contributed by atoms with Crippen LogP contribution in [-0.2, 0) is 49.0 Å². The van der Waals surface area contributed by atoms with Crippen LogP contribution in [-0.4, -0.2) is 76.7 Å². The maximum absolute atomic E-state index is 13.0. The minimum Gasteiger partial charge on any atom is -0.467 e. The van der Waals surface area contributed by atoms with E-state index in [1.165, 1.54) is 58.3 Å². The molecular weight excluding hydrogens is 509 g/mol. The van der Waals surface area contributed by atoms with Gasteiger partial charge in [0.15, 0.2) is 19.4 Å². The minimum absolute atomic E-state index is 0.0616. The first kappa shape index (κ1) is 30.2. The third-order valence-corrected chi connectivity index (χ3v) is 9.21. The normalized spacial score (nSPS) is 19.0. The van der Waals surface area contributed by atoms with E-state index >= 15 is 0 Å². The quantitative estimate of drug-likeness (QED) is 0.120. The molecule has 0 aromatic heterocycles. The highest BCUT2D eigenvalue weighted by atomic mass is 32.2. The van der Waals surface area contributed by atoms with Crippen molar-refractivity contribution < 1.29 is 41.3 Å². The third kappa shape index (κ3) is 5.59. The summed E-state index contributed by atoms with van der Waals surface area (Å²) in [5, 5.41) is -1.01. The average molecular weight is 539 g/mol. The Labute approximate surface area is 217 Å². The molecule has 0 aliphatic carbocycles. The van der Waals surface area contributed by atoms with E-state index in [1.807, 2.05) is 0 Å². The number of carbonyl (C=O) groups excluding carboxylic acids is 4. The topological polar surface area (TPSA) is 133 Å². The van der Waals surface area contributed by atoms with Crippen molar-refractivity contribution >= 4 is 53.2 Å². The van der Waals surface area contributed by atoms with Crippen LogP contribution in [0.5, 0.6) is 5.75 Å². The molecule has 2 rings (SSSR count). The molecule has 1 aromatic carbocycles. The standard InChI is InChI=1S/C23H30BNO9S2/c1-22(2,18(28)11-26)15-9-14(20(34-35-24)17-7-8-25(5)36(17,30)31)10-16(21(15)33-13-32-6)23(3,4)19(29)12-27/h9-12,17,20H,7-8,13H2,1-6H3. The number of hydrogen-bond acceptors (Lipinski definition) is 10. The van der Waals surface area contributed by atoms with Crippen LogP contribution in [0.3, 0.4) is 0 Å². The second kappa shape index (κ2) is 11.6. The van der Waals surface area contributed by atoms with Crippen LogP contribution in [0.2, 0.25) is 0 Å². The summed E-state index contributed by atoms with van der Waals surface area (Å²) in [6, 6.07) is 3.01. The summed E-state index contributed by atoms with van der Waals surface area (Å²) in [7, 11) is 4.66. The number of hydrogen-bond donors (Lipinski definition) is 0. The van der Waals surface area contributed by atoms with E-state index in [0.717, 1.165) is 0 Å². The van der Waals surface area contributed by atoms with Gasteiger partial charge in [0.05, 0.1) is 10.8 Å². The van der Waals surface area contributed by atoms with Crippen LogP contribution < -0.4 is 4.74 Å². The molecule has 1 fully saturated rings. The molecule has 36 heavy (non-hydrogen) atoms. The molecule has 0 N–H and O–H groups in total. The average Bonchev–Trinajstić information content (AvgIpc) is 3.11. The molecule has 13 heteroatoms. The van der Waals surface area contributed by atoms with E-state index in [2.05, 4.69) is 0 Å². The predicted octanol–water partition coefficient (Wildman–Crippen LogP) is 1.58. The Morgan fingerprint density at radius 3 is 2.00 bits per heavy atom. The third-order valence-electron chi connectivity index (χ3n) is 6.60. The Hall–Kier alpha value is -2.06. The lowest BCUT2D eigenvalue weighted by Crippen LogP contribution is -2.36. The summed E-state index contributed by atoms with van der Waals surface area (Å²) in [4.78, 5) is 48.4. The van der Waals surface area contributed by atoms with Crippen molar-refractivity contribution in [1.82, 2.24) is 4.31 Å². The first-order valence-corrected chi connectivity index (χ1v) is 13.3. The Bertz CT molecular complexity index is 1080. The fraction of sp³-hybridized carbons (Fsp3) is 0.565. The predicted molar refractivity (Wildman–Crippen MR) is 134 cm³/mol. The highest BCUT2D eigenvalue weighted by Gasteiger charge is 2.45. The van der Waals surface area contributed by atoms with Crippen molar-refractivity contribution in [3.05, 3.63) is 28.8 Å². The van der Waals surface area contributed by atoms with Gasteiger partial charge in [-0.15, -0.1) is 0 Å². The van der Waals surface area contributed by atoms with E-state index in [-0.39, 0.29) is 54.8 Å². The molecule has 2 radical (unpaired) electrons. The van der Waals surface area contributed by atoms with Gasteiger partial charge in [0.2, 0.25) is 28.7 Å². The van der Waals surface area contributed by atoms with Crippen molar-refractivity contribution in [2.24, 2.45) is 0 Å². The van der Waals surface area contributed by atoms with Gasteiger partial charge in [-0.05, 0) is 51.8 Å². The second-order valence-electron chi connectivity index (χ2n) is 9.52. The fourth-order valence-corrected chi connectivity index (χ4v) is 6.28. The summed E-state index contributed by atoms with van der Waals surface area (Å²) in [6.07, 6.45) is -0.514. The van der Waals surface area contributed by atoms with Crippen LogP contribution in [0.4, 0.5) is 0 Å². The van der Waals surface area contributed by atoms with E-state index in [0.29, 0.717) is 11.9 Å². The van der Waals surface area contributed by atoms with Gasteiger partial charge >= 0.3 is 0 Å². The van der Waals surface area contributed by atoms with Gasteiger partial charge in [-0.25, -0.2) is 12.7 Å². The molecule has 2 atom stereocenters. The highest BCUT2D eigenvalue weighted by molar-refractivity contribution is 8.15. The number of aldehydes is 2. The number of sulfonamides is 1. The summed E-state index contributed by atoms with van der Waals surface area (Å²) >= 11 is 0.479. The Morgan fingerprint density at radius 1 is 1.14 bits per heavy atom. The first-order chi connectivity index (χ1) is 16.7. The number of Topliss-reactive ketones (excluding diaryl/α,β-unsaturated/α-hetero) is 2. The first-order valence-electron chi connectivity index (χ1n) is 11.0. The van der Waals surface area contributed by atoms with Crippen LogP contribution in [0.1, 0.15) is 56.9 Å². The number of ketones is 2. The summed E-state index contributed by atoms with van der Waals surface area (Å²) in [5.74, 6) is -1.51. The zero-order chi connectivity index (χ0) is 27.5. The zero-order valence-electron chi connectivity index (χ0n) is 21.1. The highest BCUT2D eigenvalue weighted by Crippen LogP contribution is 2.45. The van der Waals surface area contributed by atoms with Crippen molar-refractivity contribution in [3.8, 4) is 5.75 Å². The monoisotopic (exact) mass is 539 g/mol. The molecule has 1 saturated heterocycles. The van der Waals surface area contributed by atoms with Gasteiger partial charge in [-0.3, -0.25) is 19.2 Å². The lowest BCUT2D eigenvalue weighted by Gasteiger charge is -2.33. The van der Waals surface area contributed by atoms with Gasteiger partial charge in [-0.2, -0.15) is 0 Å². The summed E-state index contributed by atoms with van der Waals surface area (Å²) in [6.45, 7) is 5.98. The lowest BCUT2D eigenvalue weighted by molar-refractivity contribution is -0.133. The zero-order valence-corrected chi connectivity index (χ0v) is 22.7. The molecule has 2 unspecified atom stereocenters. The summed E-state index contributed by atoms with van der Waals surface area (Å²) < 4.78 is 43.7. The van der Waals surface area contributed by atoms with E-state index in [9.17, 15) is 27.6 Å². The second-order valence-corrected chi connectivity index (χ2v) is 12.2. The Kier molecular flexibility index (Phi) is 9.68. The number of methoxy groups -OCH3 is 1. The molecule has 1 heterocycles. The molecular formula is C23H30BNO9S2. The number of carbonyl (C=O) groups is 4. The molecule has 0 saturated carbocycles. The van der Waals surface area contributed by atoms with Crippen molar-refractivity contribution in [2.45, 2.75) is 56.3 Å². The molecule has 0 bridgehead atoms. The Morgan fingerprint density at radius 2 is 1.64 bits per heavy atom. The maximum atomic E-state index is 13.0. The van der Waals surface area contributed by atoms with Crippen molar-refractivity contribution in [1.29, 1.82) is 0 Å². The molecule has 196 valence electrons. The number of rotatable bonds is 13. The van der Waals surface area contributed by atoms with Gasteiger partial charge in [0, 0.05) is 31.8 Å². The SMILES string of the molecule is [B]SOC(c1cc(C(C)(C)C(=O)C=O)c(OCOC)c(C(C)(C)C(=O)C=O)c1)C1CCN(C)S1(=O)=O. The van der Waals surface area contributed by atoms with Gasteiger partial charge in [0.25, 0.3) is 0 Å². The molecule has 0 spiro atoms. The fourth-order valence-electron chi connectivity index (χ4n) is 4.09. The van der Waals surface area contributed by atoms with E-state index in [4.69, 9.17) is 20.8 Å². The van der Waals surface area contributed by atoms with Crippen LogP contribution >= 0.6 is 11.9 Å². The van der Waals surface area contributed by atoms with Crippen molar-refractivity contribution in [3.63, 3.8) is 0 Å². The van der Waals surface area contributed by atoms with Gasteiger partial charge < -0.3 is 13.7 Å². The van der Waals surface area contributed by atoms with E-state index in [1.54, 1.807) is 0 Å². The summed E-state index contributed by atoms with van der Waals surface area (Å²) in [5.41, 5.74) is -2.25. The smallest absolute Gasteiger partial charge is 0.219 e. The molecule has 10 nitrogen and oxygen atoms in total. The Balaban J connectivity index is 2.98. The largest absolute Gasteiger partial charge is 0.467 e. The van der Waals surface area contributed by atoms with E-state index < -0.39 is 43.8 Å².